The molecular formula is C9H13NO3. The van der Waals surface area contributed by atoms with Crippen molar-refractivity contribution < 1.29 is 15.0 Å². The molecule has 0 amide bonds. The van der Waals surface area contributed by atoms with Gasteiger partial charge in [0.1, 0.15) is 6.10 Å². The smallest absolute Gasteiger partial charge is 0.334 e. The number of likely N-dealkylation sites (N-methyl/N-ethyl adjacent to an activating group) is 1. The van der Waals surface area contributed by atoms with Gasteiger partial charge in [-0.1, -0.05) is 12.2 Å². The SMILES string of the molecule is CN(C)C1C=CC=C(C(=O)O)C1O. The maximum absolute atomic E-state index is 10.7. The number of rotatable bonds is 2. The van der Waals surface area contributed by atoms with Gasteiger partial charge in [-0.15, -0.1) is 0 Å². The first-order valence-electron chi connectivity index (χ1n) is 4.00. The van der Waals surface area contributed by atoms with Gasteiger partial charge in [0, 0.05) is 0 Å². The largest absolute Gasteiger partial charge is 0.478 e. The Hall–Kier alpha value is -1.13. The molecule has 0 spiro atoms. The number of carbonyl (C=O) groups is 1. The number of aliphatic carboxylic acids is 1. The first kappa shape index (κ1) is 9.95. The van der Waals surface area contributed by atoms with Gasteiger partial charge in [-0.25, -0.2) is 4.79 Å². The second kappa shape index (κ2) is 3.72. The second-order valence-corrected chi connectivity index (χ2v) is 3.21. The molecule has 0 radical (unpaired) electrons. The molecule has 0 saturated heterocycles. The van der Waals surface area contributed by atoms with Gasteiger partial charge in [-0.05, 0) is 20.2 Å². The molecule has 0 saturated carbocycles. The molecule has 1 aliphatic carbocycles. The summed E-state index contributed by atoms with van der Waals surface area (Å²) in [5, 5.41) is 18.4. The summed E-state index contributed by atoms with van der Waals surface area (Å²) >= 11 is 0. The lowest BCUT2D eigenvalue weighted by atomic mass is 9.96. The van der Waals surface area contributed by atoms with Crippen LogP contribution in [0.1, 0.15) is 0 Å². The van der Waals surface area contributed by atoms with Gasteiger partial charge in [0.05, 0.1) is 11.6 Å². The number of carboxylic acid groups (broad SMARTS) is 1. The maximum atomic E-state index is 10.7. The molecule has 2 unspecified atom stereocenters. The molecule has 4 nitrogen and oxygen atoms in total. The molecule has 72 valence electrons. The van der Waals surface area contributed by atoms with Crippen molar-refractivity contribution in [3.63, 3.8) is 0 Å². The zero-order valence-corrected chi connectivity index (χ0v) is 7.64. The Labute approximate surface area is 76.8 Å². The second-order valence-electron chi connectivity index (χ2n) is 3.21. The number of nitrogens with zero attached hydrogens (tertiary/aromatic N) is 1. The average molecular weight is 183 g/mol. The summed E-state index contributed by atoms with van der Waals surface area (Å²) in [4.78, 5) is 12.4. The van der Waals surface area contributed by atoms with Gasteiger partial charge in [0.15, 0.2) is 0 Å². The van der Waals surface area contributed by atoms with Gasteiger partial charge in [-0.2, -0.15) is 0 Å². The minimum atomic E-state index is -1.07. The van der Waals surface area contributed by atoms with Crippen LogP contribution in [-0.2, 0) is 4.79 Å². The Kier molecular flexibility index (Phi) is 2.85. The Morgan fingerprint density at radius 3 is 2.62 bits per heavy atom. The van der Waals surface area contributed by atoms with Crippen molar-refractivity contribution in [3.05, 3.63) is 23.8 Å². The van der Waals surface area contributed by atoms with Crippen molar-refractivity contribution in [1.82, 2.24) is 4.90 Å². The molecule has 0 aromatic rings. The zero-order chi connectivity index (χ0) is 10.0. The van der Waals surface area contributed by atoms with Crippen LogP contribution in [0.25, 0.3) is 0 Å². The van der Waals surface area contributed by atoms with E-state index in [1.807, 2.05) is 0 Å². The summed E-state index contributed by atoms with van der Waals surface area (Å²) in [6, 6.07) is -0.254. The van der Waals surface area contributed by atoms with Crippen LogP contribution in [-0.4, -0.2) is 47.3 Å². The normalized spacial score (nSPS) is 27.5. The maximum Gasteiger partial charge on any atom is 0.334 e. The molecule has 13 heavy (non-hydrogen) atoms. The van der Waals surface area contributed by atoms with Crippen LogP contribution >= 0.6 is 0 Å². The van der Waals surface area contributed by atoms with E-state index in [2.05, 4.69) is 0 Å². The fourth-order valence-electron chi connectivity index (χ4n) is 1.31. The number of carboxylic acids is 1. The predicted octanol–water partition coefficient (Wildman–Crippen LogP) is -0.142. The number of aliphatic hydroxyl groups is 1. The molecule has 0 fully saturated rings. The van der Waals surface area contributed by atoms with Crippen LogP contribution < -0.4 is 0 Å². The van der Waals surface area contributed by atoms with Crippen LogP contribution in [0, 0.1) is 0 Å². The van der Waals surface area contributed by atoms with Crippen LogP contribution in [0.2, 0.25) is 0 Å². The van der Waals surface area contributed by atoms with Gasteiger partial charge in [-0.3, -0.25) is 0 Å². The van der Waals surface area contributed by atoms with Crippen molar-refractivity contribution in [3.8, 4) is 0 Å². The standard InChI is InChI=1S/C9H13NO3/c1-10(2)7-5-3-4-6(8(7)11)9(12)13/h3-5,7-8,11H,1-2H3,(H,12,13). The Morgan fingerprint density at radius 2 is 2.15 bits per heavy atom. The van der Waals surface area contributed by atoms with E-state index in [0.29, 0.717) is 0 Å². The summed E-state index contributed by atoms with van der Waals surface area (Å²) in [6.45, 7) is 0. The molecule has 2 atom stereocenters. The van der Waals surface area contributed by atoms with Crippen molar-refractivity contribution in [2.45, 2.75) is 12.1 Å². The molecule has 0 aromatic carbocycles. The first-order valence-corrected chi connectivity index (χ1v) is 4.00. The fraction of sp³-hybridized carbons (Fsp3) is 0.444. The summed E-state index contributed by atoms with van der Waals surface area (Å²) in [7, 11) is 3.59. The molecule has 0 bridgehead atoms. The van der Waals surface area contributed by atoms with E-state index in [1.54, 1.807) is 31.1 Å². The van der Waals surface area contributed by atoms with E-state index >= 15 is 0 Å². The minimum absolute atomic E-state index is 0.0428. The first-order chi connectivity index (χ1) is 6.04. The highest BCUT2D eigenvalue weighted by atomic mass is 16.4. The Morgan fingerprint density at radius 1 is 1.54 bits per heavy atom. The number of aliphatic hydroxyl groups excluding tert-OH is 1. The quantitative estimate of drug-likeness (QED) is 0.625. The Balaban J connectivity index is 2.86. The highest BCUT2D eigenvalue weighted by Gasteiger charge is 2.28. The minimum Gasteiger partial charge on any atom is -0.478 e. The van der Waals surface area contributed by atoms with Crippen molar-refractivity contribution in [2.24, 2.45) is 0 Å². The third kappa shape index (κ3) is 1.96. The zero-order valence-electron chi connectivity index (χ0n) is 7.64. The average Bonchev–Trinajstić information content (AvgIpc) is 2.03. The molecule has 2 N–H and O–H groups in total. The number of allylic oxidation sites excluding steroid dienone is 2. The van der Waals surface area contributed by atoms with Crippen LogP contribution in [0.4, 0.5) is 0 Å². The monoisotopic (exact) mass is 183 g/mol. The summed E-state index contributed by atoms with van der Waals surface area (Å²) in [5.41, 5.74) is 0.0428. The highest BCUT2D eigenvalue weighted by molar-refractivity contribution is 5.88. The molecule has 0 heterocycles. The molecule has 4 heteroatoms. The van der Waals surface area contributed by atoms with E-state index in [-0.39, 0.29) is 11.6 Å². The molecule has 1 aliphatic rings. The van der Waals surface area contributed by atoms with E-state index in [4.69, 9.17) is 5.11 Å². The van der Waals surface area contributed by atoms with E-state index in [1.165, 1.54) is 6.08 Å². The van der Waals surface area contributed by atoms with Crippen molar-refractivity contribution in [1.29, 1.82) is 0 Å². The van der Waals surface area contributed by atoms with Crippen LogP contribution in [0.5, 0.6) is 0 Å². The van der Waals surface area contributed by atoms with E-state index in [0.717, 1.165) is 0 Å². The molecule has 0 aromatic heterocycles. The number of hydrogen-bond donors (Lipinski definition) is 2. The van der Waals surface area contributed by atoms with Crippen LogP contribution in [0.15, 0.2) is 23.8 Å². The van der Waals surface area contributed by atoms with Gasteiger partial charge in [0.25, 0.3) is 0 Å². The van der Waals surface area contributed by atoms with E-state index < -0.39 is 12.1 Å². The van der Waals surface area contributed by atoms with Crippen molar-refractivity contribution in [2.75, 3.05) is 14.1 Å². The molecule has 0 aliphatic heterocycles. The highest BCUT2D eigenvalue weighted by Crippen LogP contribution is 2.16. The summed E-state index contributed by atoms with van der Waals surface area (Å²) in [5.74, 6) is -1.07. The summed E-state index contributed by atoms with van der Waals surface area (Å²) < 4.78 is 0. The van der Waals surface area contributed by atoms with Crippen LogP contribution in [0.3, 0.4) is 0 Å². The lowest BCUT2D eigenvalue weighted by Gasteiger charge is -2.28. The Bertz CT molecular complexity index is 268. The summed E-state index contributed by atoms with van der Waals surface area (Å²) in [6.07, 6.45) is 3.91. The topological polar surface area (TPSA) is 60.8 Å². The predicted molar refractivity (Wildman–Crippen MR) is 48.3 cm³/mol. The lowest BCUT2D eigenvalue weighted by molar-refractivity contribution is -0.134. The number of hydrogen-bond acceptors (Lipinski definition) is 3. The van der Waals surface area contributed by atoms with E-state index in [9.17, 15) is 9.90 Å². The third-order valence-electron chi connectivity index (χ3n) is 2.07. The van der Waals surface area contributed by atoms with Gasteiger partial charge < -0.3 is 15.1 Å². The fourth-order valence-corrected chi connectivity index (χ4v) is 1.31. The van der Waals surface area contributed by atoms with Crippen molar-refractivity contribution >= 4 is 5.97 Å². The molecule has 1 rings (SSSR count). The lowest BCUT2D eigenvalue weighted by Crippen LogP contribution is -2.41. The van der Waals surface area contributed by atoms with Gasteiger partial charge in [0.2, 0.25) is 0 Å². The van der Waals surface area contributed by atoms with Gasteiger partial charge >= 0.3 is 5.97 Å². The third-order valence-corrected chi connectivity index (χ3v) is 2.07. The molecular weight excluding hydrogens is 170 g/mol.